The summed E-state index contributed by atoms with van der Waals surface area (Å²) in [5.41, 5.74) is 4.21. The van der Waals surface area contributed by atoms with Gasteiger partial charge in [0.2, 0.25) is 0 Å². The summed E-state index contributed by atoms with van der Waals surface area (Å²) in [7, 11) is 3.42. The summed E-state index contributed by atoms with van der Waals surface area (Å²) >= 11 is 1.57. The number of nitrogens with zero attached hydrogens (tertiary/aromatic N) is 3. The zero-order chi connectivity index (χ0) is 21.6. The quantitative estimate of drug-likeness (QED) is 0.559. The number of aryl methyl sites for hydroxylation is 1. The third-order valence-corrected chi connectivity index (χ3v) is 6.03. The highest BCUT2D eigenvalue weighted by molar-refractivity contribution is 7.13. The number of ether oxygens (including phenoxy) is 3. The molecule has 2 aromatic heterocycles. The van der Waals surface area contributed by atoms with Gasteiger partial charge in [0.1, 0.15) is 17.7 Å². The highest BCUT2D eigenvalue weighted by Gasteiger charge is 2.24. The van der Waals surface area contributed by atoms with Gasteiger partial charge in [-0.3, -0.25) is 4.90 Å². The zero-order valence-electron chi connectivity index (χ0n) is 18.1. The molecule has 3 heterocycles. The van der Waals surface area contributed by atoms with E-state index in [9.17, 15) is 0 Å². The summed E-state index contributed by atoms with van der Waals surface area (Å²) in [5.74, 6) is 1.67. The normalized spacial score (nSPS) is 16.9. The van der Waals surface area contributed by atoms with Gasteiger partial charge in [-0.05, 0) is 36.8 Å². The average molecular weight is 441 g/mol. The van der Waals surface area contributed by atoms with E-state index in [1.54, 1.807) is 25.6 Å². The highest BCUT2D eigenvalue weighted by Crippen LogP contribution is 2.27. The Kier molecular flexibility index (Phi) is 7.14. The van der Waals surface area contributed by atoms with Crippen LogP contribution in [-0.4, -0.2) is 48.8 Å². The number of morpholine rings is 1. The maximum Gasteiger partial charge on any atom is 0.188 e. The van der Waals surface area contributed by atoms with Crippen molar-refractivity contribution in [3.8, 4) is 5.75 Å². The van der Waals surface area contributed by atoms with Crippen LogP contribution in [-0.2, 0) is 22.6 Å². The van der Waals surface area contributed by atoms with Crippen LogP contribution in [0, 0.1) is 6.92 Å². The minimum atomic E-state index is -0.0818. The molecule has 31 heavy (non-hydrogen) atoms. The van der Waals surface area contributed by atoms with Crippen molar-refractivity contribution in [3.05, 3.63) is 64.3 Å². The minimum Gasteiger partial charge on any atom is -0.496 e. The Bertz CT molecular complexity index is 1010. The van der Waals surface area contributed by atoms with E-state index in [1.165, 1.54) is 0 Å². The van der Waals surface area contributed by atoms with Gasteiger partial charge >= 0.3 is 0 Å². The van der Waals surface area contributed by atoms with Gasteiger partial charge in [-0.25, -0.2) is 9.97 Å². The molecule has 7 nitrogen and oxygen atoms in total. The highest BCUT2D eigenvalue weighted by atomic mass is 32.1. The third kappa shape index (κ3) is 5.59. The van der Waals surface area contributed by atoms with Crippen molar-refractivity contribution >= 4 is 22.3 Å². The zero-order valence-corrected chi connectivity index (χ0v) is 18.9. The lowest BCUT2D eigenvalue weighted by Crippen LogP contribution is -2.38. The molecule has 1 N–H and O–H groups in total. The first-order valence-electron chi connectivity index (χ1n) is 10.3. The Balaban J connectivity index is 1.45. The Labute approximate surface area is 187 Å². The first-order valence-corrected chi connectivity index (χ1v) is 11.2. The molecule has 0 amide bonds. The number of nitrogens with one attached hydrogen (secondary N) is 1. The van der Waals surface area contributed by atoms with Crippen LogP contribution in [0.4, 0.5) is 10.9 Å². The molecule has 1 atom stereocenters. The van der Waals surface area contributed by atoms with E-state index in [0.29, 0.717) is 13.2 Å². The molecule has 164 valence electrons. The molecule has 1 fully saturated rings. The maximum absolute atomic E-state index is 6.06. The number of pyridine rings is 1. The Morgan fingerprint density at radius 1 is 1.23 bits per heavy atom. The fourth-order valence-electron chi connectivity index (χ4n) is 3.70. The van der Waals surface area contributed by atoms with Crippen molar-refractivity contribution in [2.45, 2.75) is 26.2 Å². The van der Waals surface area contributed by atoms with Crippen LogP contribution in [0.3, 0.4) is 0 Å². The van der Waals surface area contributed by atoms with E-state index in [2.05, 4.69) is 21.3 Å². The molecule has 4 rings (SSSR count). The van der Waals surface area contributed by atoms with Gasteiger partial charge < -0.3 is 19.5 Å². The fraction of sp³-hybridized carbons (Fsp3) is 0.391. The summed E-state index contributed by atoms with van der Waals surface area (Å²) < 4.78 is 16.9. The van der Waals surface area contributed by atoms with Gasteiger partial charge in [-0.15, -0.1) is 11.3 Å². The van der Waals surface area contributed by atoms with Crippen LogP contribution in [0.25, 0.3) is 0 Å². The van der Waals surface area contributed by atoms with E-state index in [1.807, 2.05) is 42.6 Å². The first-order chi connectivity index (χ1) is 15.1. The van der Waals surface area contributed by atoms with E-state index in [4.69, 9.17) is 19.2 Å². The summed E-state index contributed by atoms with van der Waals surface area (Å²) in [6.45, 7) is 5.66. The van der Waals surface area contributed by atoms with E-state index in [0.717, 1.165) is 58.8 Å². The van der Waals surface area contributed by atoms with Crippen LogP contribution in [0.5, 0.6) is 5.75 Å². The summed E-state index contributed by atoms with van der Waals surface area (Å²) in [5, 5.41) is 6.15. The van der Waals surface area contributed by atoms with Gasteiger partial charge in [-0.2, -0.15) is 0 Å². The number of rotatable bonds is 8. The minimum absolute atomic E-state index is 0.0818. The molecule has 1 aromatic carbocycles. The second-order valence-electron chi connectivity index (χ2n) is 7.54. The molecule has 1 aliphatic heterocycles. The molecule has 0 unspecified atom stereocenters. The molecule has 1 aliphatic rings. The number of anilines is 2. The lowest BCUT2D eigenvalue weighted by molar-refractivity contribution is -0.0351. The van der Waals surface area contributed by atoms with Crippen LogP contribution in [0.15, 0.2) is 41.8 Å². The van der Waals surface area contributed by atoms with Gasteiger partial charge in [0.05, 0.1) is 31.7 Å². The van der Waals surface area contributed by atoms with Gasteiger partial charge in [0.25, 0.3) is 0 Å². The van der Waals surface area contributed by atoms with Crippen molar-refractivity contribution in [3.63, 3.8) is 0 Å². The molecule has 1 saturated heterocycles. The molecular weight excluding hydrogens is 412 g/mol. The molecule has 0 saturated carbocycles. The number of benzene rings is 1. The van der Waals surface area contributed by atoms with Crippen LogP contribution in [0.2, 0.25) is 0 Å². The van der Waals surface area contributed by atoms with Crippen molar-refractivity contribution < 1.29 is 14.2 Å². The largest absolute Gasteiger partial charge is 0.496 e. The third-order valence-electron chi connectivity index (χ3n) is 5.15. The number of thiazole rings is 1. The topological polar surface area (TPSA) is 68.7 Å². The van der Waals surface area contributed by atoms with E-state index >= 15 is 0 Å². The van der Waals surface area contributed by atoms with Crippen LogP contribution < -0.4 is 10.1 Å². The van der Waals surface area contributed by atoms with Gasteiger partial charge in [-0.1, -0.05) is 12.1 Å². The molecule has 3 aromatic rings. The summed E-state index contributed by atoms with van der Waals surface area (Å²) in [6.07, 6.45) is -0.0818. The molecule has 8 heteroatoms. The van der Waals surface area contributed by atoms with Crippen LogP contribution in [0.1, 0.15) is 28.6 Å². The van der Waals surface area contributed by atoms with Crippen LogP contribution >= 0.6 is 11.3 Å². The van der Waals surface area contributed by atoms with Crippen molar-refractivity contribution in [2.75, 3.05) is 39.2 Å². The number of hydrogen-bond acceptors (Lipinski definition) is 8. The Morgan fingerprint density at radius 2 is 2.13 bits per heavy atom. The number of methoxy groups -OCH3 is 2. The Hall–Kier alpha value is -2.52. The predicted octanol–water partition coefficient (Wildman–Crippen LogP) is 4.32. The molecule has 0 aliphatic carbocycles. The molecule has 0 radical (unpaired) electrons. The number of hydrogen-bond donors (Lipinski definition) is 1. The van der Waals surface area contributed by atoms with Crippen molar-refractivity contribution in [2.24, 2.45) is 0 Å². The lowest BCUT2D eigenvalue weighted by atomic mass is 10.1. The van der Waals surface area contributed by atoms with Gasteiger partial charge in [0, 0.05) is 37.7 Å². The summed E-state index contributed by atoms with van der Waals surface area (Å²) in [4.78, 5) is 11.6. The molecular formula is C23H28N4O3S. The second-order valence-corrected chi connectivity index (χ2v) is 8.40. The predicted molar refractivity (Wildman–Crippen MR) is 122 cm³/mol. The molecule has 0 spiro atoms. The second kappa shape index (κ2) is 10.2. The van der Waals surface area contributed by atoms with E-state index < -0.39 is 0 Å². The standard InChI is InChI=1S/C23H28N4O3S/c1-16-15-31-23(24-16)26-22-6-4-5-19(25-22)21-13-27(9-10-30-21)12-18-11-17(14-28-2)7-8-20(18)29-3/h4-8,11,15,21H,9-10,12-14H2,1-3H3,(H,24,25,26)/t21-/m1/s1. The molecule has 0 bridgehead atoms. The first kappa shape index (κ1) is 21.7. The lowest BCUT2D eigenvalue weighted by Gasteiger charge is -2.33. The fourth-order valence-corrected chi connectivity index (χ4v) is 4.39. The monoisotopic (exact) mass is 440 g/mol. The van der Waals surface area contributed by atoms with E-state index in [-0.39, 0.29) is 6.10 Å². The average Bonchev–Trinajstić information content (AvgIpc) is 3.19. The SMILES string of the molecule is COCc1ccc(OC)c(CN2CCO[C@@H](c3cccc(Nc4nc(C)cs4)n3)C2)c1. The smallest absolute Gasteiger partial charge is 0.188 e. The maximum atomic E-state index is 6.06. The Morgan fingerprint density at radius 3 is 2.90 bits per heavy atom. The van der Waals surface area contributed by atoms with Gasteiger partial charge in [0.15, 0.2) is 5.13 Å². The van der Waals surface area contributed by atoms with Crippen molar-refractivity contribution in [1.29, 1.82) is 0 Å². The summed E-state index contributed by atoms with van der Waals surface area (Å²) in [6, 6.07) is 12.2. The van der Waals surface area contributed by atoms with Crippen molar-refractivity contribution in [1.82, 2.24) is 14.9 Å². The number of aromatic nitrogens is 2.